The van der Waals surface area contributed by atoms with E-state index >= 15 is 0 Å². The van der Waals surface area contributed by atoms with Crippen LogP contribution in [0.15, 0.2) is 24.3 Å². The van der Waals surface area contributed by atoms with Crippen molar-refractivity contribution in [2.24, 2.45) is 0 Å². The molecule has 0 aromatic rings. The van der Waals surface area contributed by atoms with Gasteiger partial charge in [0.15, 0.2) is 0 Å². The number of carbonyl (C=O) groups excluding carboxylic acids is 1. The molecule has 1 amide bonds. The molecule has 5 heteroatoms. The van der Waals surface area contributed by atoms with Crippen LogP contribution in [0.2, 0.25) is 0 Å². The summed E-state index contributed by atoms with van der Waals surface area (Å²) in [5, 5.41) is 33.5. The zero-order valence-electron chi connectivity index (χ0n) is 34.2. The first-order valence-corrected chi connectivity index (χ1v) is 22.6. The molecule has 302 valence electrons. The van der Waals surface area contributed by atoms with Crippen molar-refractivity contribution in [3.8, 4) is 0 Å². The molecule has 0 bridgehead atoms. The number of allylic oxidation sites excluding steroid dienone is 4. The molecular weight excluding hydrogens is 631 g/mol. The van der Waals surface area contributed by atoms with Gasteiger partial charge in [-0.1, -0.05) is 205 Å². The molecule has 0 aliphatic rings. The Morgan fingerprint density at radius 2 is 0.804 bits per heavy atom. The van der Waals surface area contributed by atoms with Gasteiger partial charge < -0.3 is 20.6 Å². The molecule has 0 aromatic heterocycles. The van der Waals surface area contributed by atoms with Crippen LogP contribution >= 0.6 is 0 Å². The predicted molar refractivity (Wildman–Crippen MR) is 222 cm³/mol. The molecule has 0 fully saturated rings. The SMILES string of the molecule is CCCCCCCCCCCCCCCC/C=C/CC/C=C/CCCC(O)C(O)C(CO)NC(=O)CCCCCCCCCCCCCCCC. The summed E-state index contributed by atoms with van der Waals surface area (Å²) in [7, 11) is 0. The summed E-state index contributed by atoms with van der Waals surface area (Å²) in [6, 6.07) is -0.828. The normalized spacial score (nSPS) is 13.7. The van der Waals surface area contributed by atoms with Crippen LogP contribution in [0.5, 0.6) is 0 Å². The Morgan fingerprint density at radius 1 is 0.471 bits per heavy atom. The van der Waals surface area contributed by atoms with E-state index in [0.29, 0.717) is 12.8 Å². The van der Waals surface area contributed by atoms with E-state index in [-0.39, 0.29) is 12.5 Å². The summed E-state index contributed by atoms with van der Waals surface area (Å²) in [4.78, 5) is 12.4. The Labute approximate surface area is 318 Å². The molecule has 3 unspecified atom stereocenters. The van der Waals surface area contributed by atoms with Crippen molar-refractivity contribution in [2.75, 3.05) is 6.61 Å². The van der Waals surface area contributed by atoms with Crippen LogP contribution in [0, 0.1) is 0 Å². The first-order valence-electron chi connectivity index (χ1n) is 22.6. The fraction of sp³-hybridized carbons (Fsp3) is 0.891. The molecule has 4 N–H and O–H groups in total. The maximum absolute atomic E-state index is 12.4. The van der Waals surface area contributed by atoms with Crippen LogP contribution in [-0.2, 0) is 4.79 Å². The lowest BCUT2D eigenvalue weighted by Gasteiger charge is -2.26. The highest BCUT2D eigenvalue weighted by molar-refractivity contribution is 5.76. The third-order valence-electron chi connectivity index (χ3n) is 10.5. The molecule has 51 heavy (non-hydrogen) atoms. The summed E-state index contributed by atoms with van der Waals surface area (Å²) in [6.45, 7) is 4.17. The minimum atomic E-state index is -1.16. The minimum Gasteiger partial charge on any atom is -0.394 e. The van der Waals surface area contributed by atoms with Crippen LogP contribution in [-0.4, -0.2) is 46.1 Å². The molecule has 0 aliphatic heterocycles. The zero-order valence-corrected chi connectivity index (χ0v) is 34.2. The van der Waals surface area contributed by atoms with Crippen LogP contribution in [0.1, 0.15) is 239 Å². The number of amides is 1. The Hall–Kier alpha value is -1.17. The third kappa shape index (κ3) is 37.0. The van der Waals surface area contributed by atoms with Gasteiger partial charge in [-0.15, -0.1) is 0 Å². The highest BCUT2D eigenvalue weighted by Crippen LogP contribution is 2.16. The second-order valence-electron chi connectivity index (χ2n) is 15.6. The number of hydrogen-bond acceptors (Lipinski definition) is 4. The number of aliphatic hydroxyl groups is 3. The van der Waals surface area contributed by atoms with Crippen LogP contribution in [0.4, 0.5) is 0 Å². The van der Waals surface area contributed by atoms with Crippen molar-refractivity contribution >= 4 is 5.91 Å². The van der Waals surface area contributed by atoms with Gasteiger partial charge in [-0.25, -0.2) is 0 Å². The zero-order chi connectivity index (χ0) is 37.3. The first-order chi connectivity index (χ1) is 25.1. The molecule has 0 rings (SSSR count). The minimum absolute atomic E-state index is 0.157. The van der Waals surface area contributed by atoms with E-state index in [1.807, 2.05) is 0 Å². The molecule has 3 atom stereocenters. The van der Waals surface area contributed by atoms with Gasteiger partial charge in [0, 0.05) is 6.42 Å². The molecule has 0 aliphatic carbocycles. The lowest BCUT2D eigenvalue weighted by atomic mass is 10.0. The Morgan fingerprint density at radius 3 is 1.20 bits per heavy atom. The Bertz CT molecular complexity index is 754. The van der Waals surface area contributed by atoms with Gasteiger partial charge >= 0.3 is 0 Å². The lowest BCUT2D eigenvalue weighted by molar-refractivity contribution is -0.124. The van der Waals surface area contributed by atoms with E-state index in [1.165, 1.54) is 167 Å². The van der Waals surface area contributed by atoms with Crippen LogP contribution in [0.25, 0.3) is 0 Å². The fourth-order valence-corrected chi connectivity index (χ4v) is 7.00. The van der Waals surface area contributed by atoms with Gasteiger partial charge in [0.2, 0.25) is 5.91 Å². The topological polar surface area (TPSA) is 89.8 Å². The number of nitrogens with one attached hydrogen (secondary N) is 1. The predicted octanol–water partition coefficient (Wildman–Crippen LogP) is 13.0. The largest absolute Gasteiger partial charge is 0.394 e. The van der Waals surface area contributed by atoms with Crippen molar-refractivity contribution in [2.45, 2.75) is 257 Å². The number of carbonyl (C=O) groups is 1. The number of rotatable bonds is 41. The number of aliphatic hydroxyl groups excluding tert-OH is 3. The monoisotopic (exact) mass is 720 g/mol. The first kappa shape index (κ1) is 49.8. The summed E-state index contributed by atoms with van der Waals surface area (Å²) < 4.78 is 0. The summed E-state index contributed by atoms with van der Waals surface area (Å²) in [6.07, 6.45) is 50.1. The highest BCUT2D eigenvalue weighted by Gasteiger charge is 2.26. The summed E-state index contributed by atoms with van der Waals surface area (Å²) in [5.41, 5.74) is 0. The average Bonchev–Trinajstić information content (AvgIpc) is 3.13. The maximum Gasteiger partial charge on any atom is 0.220 e. The lowest BCUT2D eigenvalue weighted by Crippen LogP contribution is -2.50. The molecule has 0 spiro atoms. The van der Waals surface area contributed by atoms with Crippen molar-refractivity contribution in [1.29, 1.82) is 0 Å². The smallest absolute Gasteiger partial charge is 0.220 e. The molecule has 0 radical (unpaired) electrons. The second-order valence-corrected chi connectivity index (χ2v) is 15.6. The summed E-state index contributed by atoms with van der Waals surface area (Å²) in [5.74, 6) is -0.157. The van der Waals surface area contributed by atoms with E-state index in [2.05, 4.69) is 43.5 Å². The second kappa shape index (κ2) is 41.6. The molecule has 0 heterocycles. The van der Waals surface area contributed by atoms with E-state index in [4.69, 9.17) is 0 Å². The van der Waals surface area contributed by atoms with E-state index in [1.54, 1.807) is 0 Å². The quantitative estimate of drug-likeness (QED) is 0.0374. The Balaban J connectivity index is 3.66. The van der Waals surface area contributed by atoms with Gasteiger partial charge in [-0.3, -0.25) is 4.79 Å². The average molecular weight is 720 g/mol. The van der Waals surface area contributed by atoms with Gasteiger partial charge in [0.25, 0.3) is 0 Å². The number of hydrogen-bond donors (Lipinski definition) is 4. The fourth-order valence-electron chi connectivity index (χ4n) is 7.00. The van der Waals surface area contributed by atoms with Gasteiger partial charge in [-0.2, -0.15) is 0 Å². The highest BCUT2D eigenvalue weighted by atomic mass is 16.3. The molecule has 0 aromatic carbocycles. The third-order valence-corrected chi connectivity index (χ3v) is 10.5. The van der Waals surface area contributed by atoms with E-state index in [0.717, 1.165) is 44.9 Å². The van der Waals surface area contributed by atoms with E-state index in [9.17, 15) is 20.1 Å². The van der Waals surface area contributed by atoms with Crippen molar-refractivity contribution in [1.82, 2.24) is 5.32 Å². The van der Waals surface area contributed by atoms with Crippen molar-refractivity contribution in [3.63, 3.8) is 0 Å². The van der Waals surface area contributed by atoms with Crippen LogP contribution in [0.3, 0.4) is 0 Å². The standard InChI is InChI=1S/C46H89NO4/c1-3-5-7-9-11-13-15-17-19-20-21-22-23-24-25-26-27-28-30-32-34-36-38-40-44(49)46(51)43(42-48)47-45(50)41-39-37-35-33-31-29-18-16-14-12-10-8-6-4-2/h26-27,32,34,43-44,46,48-49,51H,3-25,28-31,33,35-42H2,1-2H3,(H,47,50)/b27-26+,34-32+. The number of unbranched alkanes of at least 4 members (excludes halogenated alkanes) is 29. The van der Waals surface area contributed by atoms with Crippen molar-refractivity contribution in [3.05, 3.63) is 24.3 Å². The van der Waals surface area contributed by atoms with Crippen LogP contribution < -0.4 is 5.32 Å². The van der Waals surface area contributed by atoms with Gasteiger partial charge in [0.1, 0.15) is 6.10 Å². The van der Waals surface area contributed by atoms with Gasteiger partial charge in [0.05, 0.1) is 18.8 Å². The summed E-state index contributed by atoms with van der Waals surface area (Å²) >= 11 is 0. The Kier molecular flexibility index (Phi) is 40.6. The maximum atomic E-state index is 12.4. The molecule has 0 saturated carbocycles. The van der Waals surface area contributed by atoms with Crippen molar-refractivity contribution < 1.29 is 20.1 Å². The molecule has 0 saturated heterocycles. The molecule has 5 nitrogen and oxygen atoms in total. The van der Waals surface area contributed by atoms with E-state index < -0.39 is 18.2 Å². The van der Waals surface area contributed by atoms with Gasteiger partial charge in [-0.05, 0) is 51.4 Å². The molecular formula is C46H89NO4.